The van der Waals surface area contributed by atoms with Crippen molar-refractivity contribution in [1.29, 1.82) is 0 Å². The fraction of sp³-hybridized carbons (Fsp3) is 0.250. The van der Waals surface area contributed by atoms with Crippen molar-refractivity contribution >= 4 is 23.2 Å². The van der Waals surface area contributed by atoms with Gasteiger partial charge in [-0.05, 0) is 24.1 Å². The zero-order chi connectivity index (χ0) is 15.8. The molecule has 0 bridgehead atoms. The fourth-order valence-electron chi connectivity index (χ4n) is 1.82. The van der Waals surface area contributed by atoms with Gasteiger partial charge in [-0.1, -0.05) is 30.3 Å². The Morgan fingerprint density at radius 2 is 1.91 bits per heavy atom. The lowest BCUT2D eigenvalue weighted by Gasteiger charge is -2.05. The van der Waals surface area contributed by atoms with Crippen molar-refractivity contribution < 1.29 is 19.4 Å². The monoisotopic (exact) mass is 319 g/mol. The van der Waals surface area contributed by atoms with Crippen molar-refractivity contribution in [3.8, 4) is 0 Å². The Bertz CT molecular complexity index is 624. The Balaban J connectivity index is 1.62. The minimum Gasteiger partial charge on any atom is -0.477 e. The molecule has 1 aromatic heterocycles. The molecule has 0 aliphatic heterocycles. The van der Waals surface area contributed by atoms with Crippen LogP contribution in [0.3, 0.4) is 0 Å². The number of hydrogen-bond donors (Lipinski definition) is 2. The number of rotatable bonds is 8. The summed E-state index contributed by atoms with van der Waals surface area (Å²) >= 11 is 1.15. The third kappa shape index (κ3) is 5.31. The van der Waals surface area contributed by atoms with Gasteiger partial charge in [0.1, 0.15) is 11.5 Å². The van der Waals surface area contributed by atoms with Gasteiger partial charge < -0.3 is 15.2 Å². The minimum atomic E-state index is -0.952. The third-order valence-corrected chi connectivity index (χ3v) is 4.02. The van der Waals surface area contributed by atoms with Gasteiger partial charge in [0.05, 0.1) is 13.2 Å². The number of nitrogens with one attached hydrogen (secondary N) is 1. The first-order valence-corrected chi connectivity index (χ1v) is 7.67. The zero-order valence-corrected chi connectivity index (χ0v) is 12.8. The topological polar surface area (TPSA) is 75.6 Å². The molecule has 0 unspecified atom stereocenters. The number of aromatic carboxylic acids is 1. The minimum absolute atomic E-state index is 0.00396. The summed E-state index contributed by atoms with van der Waals surface area (Å²) in [6, 6.07) is 13.1. The molecule has 0 saturated carbocycles. The van der Waals surface area contributed by atoms with Gasteiger partial charge in [-0.2, -0.15) is 0 Å². The van der Waals surface area contributed by atoms with E-state index in [1.807, 2.05) is 30.3 Å². The smallest absolute Gasteiger partial charge is 0.345 e. The predicted molar refractivity (Wildman–Crippen MR) is 84.1 cm³/mol. The second-order valence-corrected chi connectivity index (χ2v) is 5.80. The van der Waals surface area contributed by atoms with Crippen LogP contribution in [-0.2, 0) is 22.5 Å². The zero-order valence-electron chi connectivity index (χ0n) is 12.0. The Kier molecular flexibility index (Phi) is 6.12. The van der Waals surface area contributed by atoms with Crippen LogP contribution in [0, 0.1) is 0 Å². The SMILES string of the molecule is O=C(COCCc1ccccc1)NCc1ccc(C(=O)O)s1. The second-order valence-electron chi connectivity index (χ2n) is 4.64. The molecule has 1 aromatic carbocycles. The van der Waals surface area contributed by atoms with E-state index in [0.717, 1.165) is 22.6 Å². The van der Waals surface area contributed by atoms with Gasteiger partial charge in [0.2, 0.25) is 5.91 Å². The van der Waals surface area contributed by atoms with Crippen LogP contribution in [0.1, 0.15) is 20.1 Å². The van der Waals surface area contributed by atoms with E-state index in [1.165, 1.54) is 11.6 Å². The molecule has 0 saturated heterocycles. The van der Waals surface area contributed by atoms with E-state index in [9.17, 15) is 9.59 Å². The summed E-state index contributed by atoms with van der Waals surface area (Å²) in [6.07, 6.45) is 0.765. The number of ether oxygens (including phenoxy) is 1. The van der Waals surface area contributed by atoms with Crippen LogP contribution in [0.2, 0.25) is 0 Å². The normalized spacial score (nSPS) is 10.4. The Hall–Kier alpha value is -2.18. The lowest BCUT2D eigenvalue weighted by molar-refractivity contribution is -0.125. The van der Waals surface area contributed by atoms with Crippen LogP contribution in [-0.4, -0.2) is 30.2 Å². The molecule has 2 aromatic rings. The summed E-state index contributed by atoms with van der Waals surface area (Å²) in [6.45, 7) is 0.808. The molecule has 22 heavy (non-hydrogen) atoms. The van der Waals surface area contributed by atoms with Crippen LogP contribution in [0.15, 0.2) is 42.5 Å². The first-order valence-electron chi connectivity index (χ1n) is 6.85. The first-order chi connectivity index (χ1) is 10.6. The van der Waals surface area contributed by atoms with E-state index in [4.69, 9.17) is 9.84 Å². The number of carboxylic acids is 1. The summed E-state index contributed by atoms with van der Waals surface area (Å²) in [5.74, 6) is -1.16. The predicted octanol–water partition coefficient (Wildman–Crippen LogP) is 2.32. The summed E-state index contributed by atoms with van der Waals surface area (Å²) in [5, 5.41) is 11.5. The number of thiophene rings is 1. The molecule has 0 atom stereocenters. The molecule has 0 aliphatic carbocycles. The lowest BCUT2D eigenvalue weighted by atomic mass is 10.2. The van der Waals surface area contributed by atoms with Crippen molar-refractivity contribution in [3.63, 3.8) is 0 Å². The molecule has 0 fully saturated rings. The highest BCUT2D eigenvalue weighted by atomic mass is 32.1. The van der Waals surface area contributed by atoms with Crippen molar-refractivity contribution in [2.24, 2.45) is 0 Å². The average Bonchev–Trinajstić information content (AvgIpc) is 3.00. The largest absolute Gasteiger partial charge is 0.477 e. The van der Waals surface area contributed by atoms with Gasteiger partial charge in [0.15, 0.2) is 0 Å². The molecule has 116 valence electrons. The molecule has 2 rings (SSSR count). The number of carbonyl (C=O) groups excluding carboxylic acids is 1. The van der Waals surface area contributed by atoms with Crippen LogP contribution in [0.4, 0.5) is 0 Å². The molecular formula is C16H17NO4S. The van der Waals surface area contributed by atoms with E-state index >= 15 is 0 Å². The fourth-order valence-corrected chi connectivity index (χ4v) is 2.61. The average molecular weight is 319 g/mol. The molecule has 0 spiro atoms. The van der Waals surface area contributed by atoms with Gasteiger partial charge in [-0.15, -0.1) is 11.3 Å². The van der Waals surface area contributed by atoms with Crippen molar-refractivity contribution in [2.75, 3.05) is 13.2 Å². The molecule has 1 heterocycles. The maximum Gasteiger partial charge on any atom is 0.345 e. The van der Waals surface area contributed by atoms with E-state index in [-0.39, 0.29) is 17.4 Å². The summed E-state index contributed by atoms with van der Waals surface area (Å²) in [5.41, 5.74) is 1.17. The summed E-state index contributed by atoms with van der Waals surface area (Å²) in [4.78, 5) is 23.4. The van der Waals surface area contributed by atoms with E-state index in [2.05, 4.69) is 5.32 Å². The number of carbonyl (C=O) groups is 2. The van der Waals surface area contributed by atoms with Crippen LogP contribution >= 0.6 is 11.3 Å². The Morgan fingerprint density at radius 1 is 1.14 bits per heavy atom. The highest BCUT2D eigenvalue weighted by Gasteiger charge is 2.08. The van der Waals surface area contributed by atoms with Gasteiger partial charge in [-0.3, -0.25) is 4.79 Å². The number of carboxylic acid groups (broad SMARTS) is 1. The van der Waals surface area contributed by atoms with Gasteiger partial charge >= 0.3 is 5.97 Å². The van der Waals surface area contributed by atoms with E-state index in [0.29, 0.717) is 13.2 Å². The summed E-state index contributed by atoms with van der Waals surface area (Å²) in [7, 11) is 0. The van der Waals surface area contributed by atoms with Crippen molar-refractivity contribution in [2.45, 2.75) is 13.0 Å². The third-order valence-electron chi connectivity index (χ3n) is 2.94. The molecule has 0 radical (unpaired) electrons. The number of hydrogen-bond acceptors (Lipinski definition) is 4. The number of amides is 1. The van der Waals surface area contributed by atoms with Crippen molar-refractivity contribution in [3.05, 3.63) is 57.8 Å². The van der Waals surface area contributed by atoms with Gasteiger partial charge in [-0.25, -0.2) is 4.79 Å². The second kappa shape index (κ2) is 8.31. The molecule has 1 amide bonds. The van der Waals surface area contributed by atoms with Crippen molar-refractivity contribution in [1.82, 2.24) is 5.32 Å². The standard InChI is InChI=1S/C16H17NO4S/c18-15(11-21-9-8-12-4-2-1-3-5-12)17-10-13-6-7-14(22-13)16(19)20/h1-7H,8-11H2,(H,17,18)(H,19,20). The Labute approximate surface area is 132 Å². The quantitative estimate of drug-likeness (QED) is 0.732. The molecule has 2 N–H and O–H groups in total. The Morgan fingerprint density at radius 3 is 2.59 bits per heavy atom. The first kappa shape index (κ1) is 16.2. The molecule has 6 heteroatoms. The van der Waals surface area contributed by atoms with E-state index < -0.39 is 5.97 Å². The van der Waals surface area contributed by atoms with E-state index in [1.54, 1.807) is 6.07 Å². The highest BCUT2D eigenvalue weighted by molar-refractivity contribution is 7.13. The van der Waals surface area contributed by atoms with Crippen LogP contribution < -0.4 is 5.32 Å². The lowest BCUT2D eigenvalue weighted by Crippen LogP contribution is -2.27. The molecule has 0 aliphatic rings. The molecule has 5 nitrogen and oxygen atoms in total. The van der Waals surface area contributed by atoms with Crippen LogP contribution in [0.5, 0.6) is 0 Å². The van der Waals surface area contributed by atoms with Gasteiger partial charge in [0.25, 0.3) is 0 Å². The number of benzene rings is 1. The summed E-state index contributed by atoms with van der Waals surface area (Å²) < 4.78 is 5.33. The van der Waals surface area contributed by atoms with Crippen LogP contribution in [0.25, 0.3) is 0 Å². The molecular weight excluding hydrogens is 302 g/mol. The highest BCUT2D eigenvalue weighted by Crippen LogP contribution is 2.15. The maximum absolute atomic E-state index is 11.6. The maximum atomic E-state index is 11.6. The van der Waals surface area contributed by atoms with Gasteiger partial charge in [0, 0.05) is 4.88 Å².